The first-order valence-corrected chi connectivity index (χ1v) is 8.30. The molecule has 0 aromatic carbocycles. The van der Waals surface area contributed by atoms with Gasteiger partial charge in [0.05, 0.1) is 19.8 Å². The summed E-state index contributed by atoms with van der Waals surface area (Å²) in [7, 11) is 0. The minimum absolute atomic E-state index is 0.235. The smallest absolute Gasteiger partial charge is 0.131 e. The molecule has 1 heterocycles. The monoisotopic (exact) mass is 366 g/mol. The van der Waals surface area contributed by atoms with Gasteiger partial charge in [-0.2, -0.15) is 5.26 Å². The molecule has 2 rings (SSSR count). The number of hydrogen-bond acceptors (Lipinski definition) is 5. The molecule has 3 nitrogen and oxygen atoms in total. The lowest BCUT2D eigenvalue weighted by atomic mass is 10.1. The van der Waals surface area contributed by atoms with Gasteiger partial charge in [-0.25, -0.2) is 5.90 Å². The molecule has 0 amide bonds. The van der Waals surface area contributed by atoms with Gasteiger partial charge < -0.3 is 0 Å². The topological polar surface area (TPSA) is 59.0 Å². The standard InChI is InChI=1S/C11H12BrClN2OS2/c1-10(16-15,6-17-11(5-14)2-3-11)9-7(13)4-8(12)18-9/h4H,2-3,6,15H2,1H3/t10-/m0/s1. The van der Waals surface area contributed by atoms with Crippen molar-refractivity contribution in [2.24, 2.45) is 5.90 Å². The van der Waals surface area contributed by atoms with Crippen molar-refractivity contribution in [3.8, 4) is 6.07 Å². The number of thioether (sulfide) groups is 1. The van der Waals surface area contributed by atoms with Gasteiger partial charge in [-0.05, 0) is 41.8 Å². The quantitative estimate of drug-likeness (QED) is 0.797. The van der Waals surface area contributed by atoms with Crippen molar-refractivity contribution in [1.82, 2.24) is 0 Å². The summed E-state index contributed by atoms with van der Waals surface area (Å²) >= 11 is 12.7. The lowest BCUT2D eigenvalue weighted by Gasteiger charge is -2.27. The summed E-state index contributed by atoms with van der Waals surface area (Å²) in [4.78, 5) is 6.05. The molecule has 0 radical (unpaired) electrons. The largest absolute Gasteiger partial charge is 0.292 e. The number of nitriles is 1. The predicted octanol–water partition coefficient (Wildman–Crippen LogP) is 4.06. The molecule has 0 bridgehead atoms. The number of rotatable bonds is 5. The highest BCUT2D eigenvalue weighted by Gasteiger charge is 2.46. The number of hydrogen-bond donors (Lipinski definition) is 1. The Hall–Kier alpha value is 0.230. The van der Waals surface area contributed by atoms with Crippen molar-refractivity contribution in [3.05, 3.63) is 19.8 Å². The average molecular weight is 368 g/mol. The highest BCUT2D eigenvalue weighted by molar-refractivity contribution is 9.11. The second-order valence-electron chi connectivity index (χ2n) is 4.47. The van der Waals surface area contributed by atoms with Crippen LogP contribution in [0.15, 0.2) is 9.85 Å². The van der Waals surface area contributed by atoms with E-state index in [9.17, 15) is 0 Å². The normalized spacial score (nSPS) is 20.2. The summed E-state index contributed by atoms with van der Waals surface area (Å²) < 4.78 is 0.706. The van der Waals surface area contributed by atoms with E-state index >= 15 is 0 Å². The van der Waals surface area contributed by atoms with Gasteiger partial charge in [-0.1, -0.05) is 11.6 Å². The molecule has 1 aliphatic carbocycles. The summed E-state index contributed by atoms with van der Waals surface area (Å²) in [6.45, 7) is 1.90. The molecule has 1 aromatic heterocycles. The first kappa shape index (κ1) is 14.6. The van der Waals surface area contributed by atoms with Crippen molar-refractivity contribution in [3.63, 3.8) is 0 Å². The van der Waals surface area contributed by atoms with Crippen LogP contribution in [0.25, 0.3) is 0 Å². The lowest BCUT2D eigenvalue weighted by molar-refractivity contribution is -0.0167. The minimum Gasteiger partial charge on any atom is -0.292 e. The Morgan fingerprint density at radius 1 is 1.78 bits per heavy atom. The molecule has 1 atom stereocenters. The van der Waals surface area contributed by atoms with E-state index in [2.05, 4.69) is 22.0 Å². The molecule has 1 aliphatic rings. The maximum absolute atomic E-state index is 9.08. The van der Waals surface area contributed by atoms with Crippen LogP contribution < -0.4 is 5.90 Å². The Bertz CT molecular complexity index is 498. The third kappa shape index (κ3) is 2.87. The lowest BCUT2D eigenvalue weighted by Crippen LogP contribution is -2.32. The summed E-state index contributed by atoms with van der Waals surface area (Å²) in [5, 5.41) is 9.72. The Kier molecular flexibility index (Phi) is 4.32. The first-order valence-electron chi connectivity index (χ1n) is 5.33. The number of nitrogens with zero attached hydrogens (tertiary/aromatic N) is 1. The van der Waals surface area contributed by atoms with Gasteiger partial charge in [0, 0.05) is 5.75 Å². The van der Waals surface area contributed by atoms with Gasteiger partial charge in [0.1, 0.15) is 10.3 Å². The number of thiophene rings is 1. The van der Waals surface area contributed by atoms with Gasteiger partial charge in [0.15, 0.2) is 0 Å². The fourth-order valence-electron chi connectivity index (χ4n) is 1.53. The second-order valence-corrected chi connectivity index (χ2v) is 8.67. The van der Waals surface area contributed by atoms with E-state index in [0.29, 0.717) is 10.8 Å². The van der Waals surface area contributed by atoms with Crippen LogP contribution in [-0.2, 0) is 10.4 Å². The Morgan fingerprint density at radius 2 is 2.44 bits per heavy atom. The van der Waals surface area contributed by atoms with E-state index < -0.39 is 5.60 Å². The molecule has 7 heteroatoms. The Balaban J connectivity index is 2.15. The SMILES string of the molecule is C[C@@](CSC1(C#N)CC1)(ON)c1sc(Br)cc1Cl. The molecule has 1 aromatic rings. The fourth-order valence-corrected chi connectivity index (χ4v) is 5.04. The van der Waals surface area contributed by atoms with Gasteiger partial charge in [0.25, 0.3) is 0 Å². The number of nitrogens with two attached hydrogens (primary N) is 1. The molecule has 2 N–H and O–H groups in total. The fraction of sp³-hybridized carbons (Fsp3) is 0.545. The third-order valence-electron chi connectivity index (χ3n) is 2.93. The van der Waals surface area contributed by atoms with Crippen LogP contribution in [0.4, 0.5) is 0 Å². The zero-order valence-corrected chi connectivity index (χ0v) is 13.7. The molecule has 0 aliphatic heterocycles. The minimum atomic E-state index is -0.662. The van der Waals surface area contributed by atoms with E-state index in [1.165, 1.54) is 11.3 Å². The van der Waals surface area contributed by atoms with Crippen LogP contribution in [0, 0.1) is 11.3 Å². The molecule has 1 saturated carbocycles. The van der Waals surface area contributed by atoms with E-state index in [0.717, 1.165) is 21.5 Å². The van der Waals surface area contributed by atoms with Crippen molar-refractivity contribution in [2.45, 2.75) is 30.1 Å². The highest BCUT2D eigenvalue weighted by Crippen LogP contribution is 2.51. The highest BCUT2D eigenvalue weighted by atomic mass is 79.9. The van der Waals surface area contributed by atoms with E-state index in [4.69, 9.17) is 27.6 Å². The van der Waals surface area contributed by atoms with Gasteiger partial charge >= 0.3 is 0 Å². The summed E-state index contributed by atoms with van der Waals surface area (Å²) in [6.07, 6.45) is 1.88. The maximum atomic E-state index is 9.08. The van der Waals surface area contributed by atoms with Gasteiger partial charge in [-0.3, -0.25) is 4.84 Å². The summed E-state index contributed by atoms with van der Waals surface area (Å²) in [5.41, 5.74) is -0.662. The molecule has 0 saturated heterocycles. The molecule has 0 spiro atoms. The average Bonchev–Trinajstić information content (AvgIpc) is 3.06. The zero-order valence-electron chi connectivity index (χ0n) is 9.70. The van der Waals surface area contributed by atoms with Gasteiger partial charge in [-0.15, -0.1) is 23.1 Å². The predicted molar refractivity (Wildman–Crippen MR) is 79.7 cm³/mol. The molecular formula is C11H12BrClN2OS2. The van der Waals surface area contributed by atoms with Crippen LogP contribution >= 0.6 is 50.6 Å². The van der Waals surface area contributed by atoms with Gasteiger partial charge in [0.2, 0.25) is 0 Å². The van der Waals surface area contributed by atoms with Crippen molar-refractivity contribution in [2.75, 3.05) is 5.75 Å². The van der Waals surface area contributed by atoms with E-state index in [1.807, 2.05) is 13.0 Å². The van der Waals surface area contributed by atoms with Crippen LogP contribution in [0.5, 0.6) is 0 Å². The van der Waals surface area contributed by atoms with E-state index in [-0.39, 0.29) is 4.75 Å². The van der Waals surface area contributed by atoms with Crippen LogP contribution in [-0.4, -0.2) is 10.5 Å². The van der Waals surface area contributed by atoms with Crippen LogP contribution in [0.3, 0.4) is 0 Å². The Labute approximate surface area is 128 Å². The van der Waals surface area contributed by atoms with Crippen molar-refractivity contribution >= 4 is 50.6 Å². The molecule has 1 fully saturated rings. The Morgan fingerprint density at radius 3 is 2.83 bits per heavy atom. The van der Waals surface area contributed by atoms with Crippen molar-refractivity contribution in [1.29, 1.82) is 5.26 Å². The van der Waals surface area contributed by atoms with Crippen LogP contribution in [0.1, 0.15) is 24.6 Å². The zero-order chi connectivity index (χ0) is 13.4. The first-order chi connectivity index (χ1) is 8.45. The summed E-state index contributed by atoms with van der Waals surface area (Å²) in [5.74, 6) is 6.06. The molecular weight excluding hydrogens is 356 g/mol. The molecule has 18 heavy (non-hydrogen) atoms. The number of halogens is 2. The molecule has 0 unspecified atom stereocenters. The van der Waals surface area contributed by atoms with Crippen LogP contribution in [0.2, 0.25) is 5.02 Å². The van der Waals surface area contributed by atoms with Crippen molar-refractivity contribution < 1.29 is 4.84 Å². The van der Waals surface area contributed by atoms with E-state index in [1.54, 1.807) is 11.8 Å². The second kappa shape index (κ2) is 5.31. The molecule has 98 valence electrons. The third-order valence-corrected chi connectivity index (χ3v) is 6.97. The summed E-state index contributed by atoms with van der Waals surface area (Å²) in [6, 6.07) is 4.18. The maximum Gasteiger partial charge on any atom is 0.131 e.